The van der Waals surface area contributed by atoms with Gasteiger partial charge in [0, 0.05) is 37.8 Å². The van der Waals surface area contributed by atoms with Crippen LogP contribution in [-0.2, 0) is 14.3 Å². The third kappa shape index (κ3) is 4.25. The third-order valence-electron chi connectivity index (χ3n) is 6.45. The second-order valence-corrected chi connectivity index (χ2v) is 8.39. The van der Waals surface area contributed by atoms with E-state index in [0.717, 1.165) is 16.9 Å². The fraction of sp³-hybridized carbons (Fsp3) is 0.400. The van der Waals surface area contributed by atoms with E-state index < -0.39 is 0 Å². The Morgan fingerprint density at radius 1 is 1.15 bits per heavy atom. The smallest absolute Gasteiger partial charge is 0.309 e. The number of likely N-dealkylation sites (tertiary alicyclic amines) is 1. The highest BCUT2D eigenvalue weighted by Crippen LogP contribution is 2.38. The molecule has 0 aliphatic carbocycles. The molecular formula is C25H27N3O5. The number of nitrogens with zero attached hydrogens (tertiary/aromatic N) is 3. The largest absolute Gasteiger partial charge is 0.466 e. The highest BCUT2D eigenvalue weighted by atomic mass is 16.7. The maximum absolute atomic E-state index is 13.4. The second kappa shape index (κ2) is 9.13. The van der Waals surface area contributed by atoms with E-state index in [0.29, 0.717) is 50.5 Å². The topological polar surface area (TPSA) is 82.4 Å². The monoisotopic (exact) mass is 449 g/mol. The Labute approximate surface area is 192 Å². The first-order valence-corrected chi connectivity index (χ1v) is 11.4. The maximum Gasteiger partial charge on any atom is 0.309 e. The minimum atomic E-state index is -0.202. The molecule has 0 bridgehead atoms. The zero-order valence-electron chi connectivity index (χ0n) is 18.6. The molecule has 0 spiro atoms. The molecule has 2 aromatic heterocycles. The van der Waals surface area contributed by atoms with Crippen molar-refractivity contribution in [2.75, 3.05) is 26.5 Å². The van der Waals surface area contributed by atoms with E-state index in [-0.39, 0.29) is 30.5 Å². The lowest BCUT2D eigenvalue weighted by molar-refractivity contribution is -0.151. The summed E-state index contributed by atoms with van der Waals surface area (Å²) in [4.78, 5) is 31.8. The van der Waals surface area contributed by atoms with Gasteiger partial charge in [-0.05, 0) is 49.6 Å². The van der Waals surface area contributed by atoms with Crippen LogP contribution in [0, 0.1) is 5.92 Å². The van der Waals surface area contributed by atoms with E-state index in [9.17, 15) is 9.59 Å². The summed E-state index contributed by atoms with van der Waals surface area (Å²) >= 11 is 0. The van der Waals surface area contributed by atoms with Crippen molar-refractivity contribution in [3.8, 4) is 11.5 Å². The van der Waals surface area contributed by atoms with Crippen LogP contribution in [0.15, 0.2) is 48.8 Å². The van der Waals surface area contributed by atoms with Crippen molar-refractivity contribution in [3.05, 3.63) is 60.0 Å². The highest BCUT2D eigenvalue weighted by Gasteiger charge is 2.31. The number of fused-ring (bicyclic) bond motifs is 2. The Morgan fingerprint density at radius 2 is 1.97 bits per heavy atom. The van der Waals surface area contributed by atoms with Gasteiger partial charge in [0.1, 0.15) is 5.65 Å². The van der Waals surface area contributed by atoms with E-state index in [4.69, 9.17) is 14.2 Å². The van der Waals surface area contributed by atoms with Gasteiger partial charge < -0.3 is 23.5 Å². The van der Waals surface area contributed by atoms with Crippen molar-refractivity contribution in [2.24, 2.45) is 5.92 Å². The van der Waals surface area contributed by atoms with Crippen LogP contribution in [-0.4, -0.2) is 52.7 Å². The van der Waals surface area contributed by atoms with Crippen molar-refractivity contribution in [1.82, 2.24) is 14.3 Å². The molecule has 1 saturated heterocycles. The standard InChI is InChI=1S/C25H27N3O5/c1-2-31-25(30)17-8-11-27(12-9-17)24(29)14-19(18-6-7-21-22(13-18)33-16-32-21)20-15-26-23-5-3-4-10-28(20)23/h3-7,10,13,15,17,19H,2,8-9,11-12,14,16H2,1H3. The fourth-order valence-electron chi connectivity index (χ4n) is 4.66. The molecule has 8 heteroatoms. The number of esters is 1. The fourth-order valence-corrected chi connectivity index (χ4v) is 4.66. The Kier molecular flexibility index (Phi) is 5.90. The molecule has 1 atom stereocenters. The summed E-state index contributed by atoms with van der Waals surface area (Å²) in [6, 6.07) is 11.7. The number of hydrogen-bond donors (Lipinski definition) is 0. The van der Waals surface area contributed by atoms with Gasteiger partial charge in [0.2, 0.25) is 12.7 Å². The normalized spacial score (nSPS) is 16.7. The first-order chi connectivity index (χ1) is 16.1. The maximum atomic E-state index is 13.4. The van der Waals surface area contributed by atoms with Gasteiger partial charge in [0.15, 0.2) is 11.5 Å². The lowest BCUT2D eigenvalue weighted by atomic mass is 9.90. The predicted octanol–water partition coefficient (Wildman–Crippen LogP) is 3.39. The summed E-state index contributed by atoms with van der Waals surface area (Å²) in [5.74, 6) is 0.973. The van der Waals surface area contributed by atoms with E-state index >= 15 is 0 Å². The van der Waals surface area contributed by atoms with Crippen molar-refractivity contribution in [3.63, 3.8) is 0 Å². The molecule has 0 N–H and O–H groups in total. The molecule has 33 heavy (non-hydrogen) atoms. The molecule has 2 aliphatic rings. The highest BCUT2D eigenvalue weighted by molar-refractivity contribution is 5.79. The van der Waals surface area contributed by atoms with Gasteiger partial charge in [0.05, 0.1) is 18.2 Å². The van der Waals surface area contributed by atoms with Crippen LogP contribution < -0.4 is 9.47 Å². The van der Waals surface area contributed by atoms with Gasteiger partial charge in [-0.15, -0.1) is 0 Å². The minimum absolute atomic E-state index is 0.0610. The summed E-state index contributed by atoms with van der Waals surface area (Å²) in [6.45, 7) is 3.52. The van der Waals surface area contributed by atoms with Crippen LogP contribution in [0.25, 0.3) is 5.65 Å². The Hall–Kier alpha value is -3.55. The van der Waals surface area contributed by atoms with Gasteiger partial charge in [0.25, 0.3) is 0 Å². The van der Waals surface area contributed by atoms with E-state index in [1.54, 1.807) is 0 Å². The molecule has 0 radical (unpaired) electrons. The van der Waals surface area contributed by atoms with Crippen molar-refractivity contribution in [1.29, 1.82) is 0 Å². The number of benzene rings is 1. The van der Waals surface area contributed by atoms with Crippen LogP contribution >= 0.6 is 0 Å². The van der Waals surface area contributed by atoms with Crippen LogP contribution in [0.2, 0.25) is 0 Å². The molecule has 1 amide bonds. The van der Waals surface area contributed by atoms with E-state index in [1.807, 2.05) is 65.0 Å². The zero-order chi connectivity index (χ0) is 22.8. The van der Waals surface area contributed by atoms with Gasteiger partial charge in [-0.1, -0.05) is 12.1 Å². The molecule has 2 aliphatic heterocycles. The average Bonchev–Trinajstić information content (AvgIpc) is 3.49. The Bertz CT molecular complexity index is 1170. The minimum Gasteiger partial charge on any atom is -0.466 e. The zero-order valence-corrected chi connectivity index (χ0v) is 18.6. The molecule has 8 nitrogen and oxygen atoms in total. The first kappa shape index (κ1) is 21.3. The molecule has 5 rings (SSSR count). The lowest BCUT2D eigenvalue weighted by Gasteiger charge is -2.32. The third-order valence-corrected chi connectivity index (χ3v) is 6.45. The number of carbonyl (C=O) groups is 2. The van der Waals surface area contributed by atoms with E-state index in [2.05, 4.69) is 4.98 Å². The van der Waals surface area contributed by atoms with Crippen LogP contribution in [0.5, 0.6) is 11.5 Å². The van der Waals surface area contributed by atoms with Crippen LogP contribution in [0.1, 0.15) is 43.4 Å². The number of pyridine rings is 1. The average molecular weight is 450 g/mol. The molecule has 1 unspecified atom stereocenters. The molecular weight excluding hydrogens is 422 g/mol. The summed E-state index contributed by atoms with van der Waals surface area (Å²) in [5, 5.41) is 0. The Balaban J connectivity index is 1.39. The number of rotatable bonds is 6. The number of aromatic nitrogens is 2. The lowest BCUT2D eigenvalue weighted by Crippen LogP contribution is -2.41. The summed E-state index contributed by atoms with van der Waals surface area (Å²) in [6.07, 6.45) is 5.37. The van der Waals surface area contributed by atoms with Gasteiger partial charge in [-0.3, -0.25) is 9.59 Å². The molecule has 172 valence electrons. The van der Waals surface area contributed by atoms with E-state index in [1.165, 1.54) is 0 Å². The molecule has 1 fully saturated rings. The molecule has 1 aromatic carbocycles. The summed E-state index contributed by atoms with van der Waals surface area (Å²) < 4.78 is 18.2. The van der Waals surface area contributed by atoms with Gasteiger partial charge in [-0.25, -0.2) is 4.98 Å². The number of imidazole rings is 1. The SMILES string of the molecule is CCOC(=O)C1CCN(C(=O)CC(c2ccc3c(c2)OCO3)c2cnc3ccccn23)CC1. The number of carbonyl (C=O) groups excluding carboxylic acids is 2. The molecule has 4 heterocycles. The number of amides is 1. The molecule has 3 aromatic rings. The number of hydrogen-bond acceptors (Lipinski definition) is 6. The van der Waals surface area contributed by atoms with Gasteiger partial charge >= 0.3 is 5.97 Å². The Morgan fingerprint density at radius 3 is 2.79 bits per heavy atom. The van der Waals surface area contributed by atoms with Crippen molar-refractivity contribution < 1.29 is 23.8 Å². The van der Waals surface area contributed by atoms with Gasteiger partial charge in [-0.2, -0.15) is 0 Å². The number of piperidine rings is 1. The second-order valence-electron chi connectivity index (χ2n) is 8.39. The van der Waals surface area contributed by atoms with Crippen LogP contribution in [0.4, 0.5) is 0 Å². The van der Waals surface area contributed by atoms with Crippen molar-refractivity contribution >= 4 is 17.5 Å². The van der Waals surface area contributed by atoms with Crippen molar-refractivity contribution in [2.45, 2.75) is 32.1 Å². The summed E-state index contributed by atoms with van der Waals surface area (Å²) in [7, 11) is 0. The van der Waals surface area contributed by atoms with Crippen LogP contribution in [0.3, 0.4) is 0 Å². The first-order valence-electron chi connectivity index (χ1n) is 11.4. The predicted molar refractivity (Wildman–Crippen MR) is 120 cm³/mol. The molecule has 0 saturated carbocycles. The quantitative estimate of drug-likeness (QED) is 0.537. The summed E-state index contributed by atoms with van der Waals surface area (Å²) in [5.41, 5.74) is 2.75. The number of ether oxygens (including phenoxy) is 3.